The lowest BCUT2D eigenvalue weighted by molar-refractivity contribution is -0.123. The average molecular weight is 464 g/mol. The molecule has 3 aromatic carbocycles. The third-order valence-corrected chi connectivity index (χ3v) is 4.28. The molecule has 0 fully saturated rings. The predicted molar refractivity (Wildman–Crippen MR) is 122 cm³/mol. The smallest absolute Gasteiger partial charge is 0.277 e. The highest BCUT2D eigenvalue weighted by Gasteiger charge is 2.07. The number of aromatic hydroxyl groups is 4. The maximum absolute atomic E-state index is 12.1. The number of carbonyl (C=O) groups is 2. The van der Waals surface area contributed by atoms with Crippen LogP contribution in [0.25, 0.3) is 0 Å². The van der Waals surface area contributed by atoms with Crippen LogP contribution in [-0.4, -0.2) is 51.3 Å². The van der Waals surface area contributed by atoms with Gasteiger partial charge in [0.25, 0.3) is 11.8 Å². The lowest BCUT2D eigenvalue weighted by atomic mass is 10.2. The molecule has 0 spiro atoms. The summed E-state index contributed by atoms with van der Waals surface area (Å²) in [5.41, 5.74) is 5.44. The van der Waals surface area contributed by atoms with Gasteiger partial charge in [0, 0.05) is 28.8 Å². The third kappa shape index (κ3) is 6.72. The van der Waals surface area contributed by atoms with Gasteiger partial charge in [0.15, 0.2) is 6.61 Å². The highest BCUT2D eigenvalue weighted by atomic mass is 16.5. The van der Waals surface area contributed by atoms with E-state index in [1.54, 1.807) is 0 Å². The summed E-state index contributed by atoms with van der Waals surface area (Å²) in [6.07, 6.45) is 2.44. The van der Waals surface area contributed by atoms with Crippen LogP contribution in [0, 0.1) is 0 Å². The minimum Gasteiger partial charge on any atom is -0.508 e. The van der Waals surface area contributed by atoms with Crippen molar-refractivity contribution >= 4 is 24.2 Å². The standard InChI is InChI=1S/C23H20N4O7/c28-17-5-1-15(20(30)9-17)11-24-26-22(32)13-34-19-7-3-14(4-8-19)23(33)27-25-12-16-2-6-18(29)10-21(16)31/h1-12,28-31H,13H2,(H,26,32)(H,27,33). The van der Waals surface area contributed by atoms with Gasteiger partial charge in [0.1, 0.15) is 28.7 Å². The van der Waals surface area contributed by atoms with Crippen LogP contribution in [0.15, 0.2) is 70.9 Å². The zero-order valence-electron chi connectivity index (χ0n) is 17.5. The first kappa shape index (κ1) is 23.6. The SMILES string of the molecule is O=C(COc1ccc(C(=O)NN=Cc2ccc(O)cc2O)cc1)NN=Cc1ccc(O)cc1O. The zero-order chi connectivity index (χ0) is 24.5. The number of hydrogen-bond donors (Lipinski definition) is 6. The second kappa shape index (κ2) is 11.0. The molecule has 2 amide bonds. The van der Waals surface area contributed by atoms with E-state index in [9.17, 15) is 30.0 Å². The first-order valence-electron chi connectivity index (χ1n) is 9.74. The van der Waals surface area contributed by atoms with Crippen molar-refractivity contribution in [2.75, 3.05) is 6.61 Å². The molecule has 0 aliphatic carbocycles. The molecule has 0 radical (unpaired) electrons. The first-order chi connectivity index (χ1) is 16.3. The van der Waals surface area contributed by atoms with E-state index < -0.39 is 11.8 Å². The fourth-order valence-electron chi connectivity index (χ4n) is 2.56. The number of nitrogens with one attached hydrogen (secondary N) is 2. The van der Waals surface area contributed by atoms with Crippen molar-refractivity contribution in [1.82, 2.24) is 10.9 Å². The minimum absolute atomic E-state index is 0.0967. The van der Waals surface area contributed by atoms with Crippen LogP contribution < -0.4 is 15.6 Å². The van der Waals surface area contributed by atoms with Crippen molar-refractivity contribution in [3.05, 3.63) is 77.4 Å². The second-order valence-corrected chi connectivity index (χ2v) is 6.79. The van der Waals surface area contributed by atoms with Gasteiger partial charge in [-0.1, -0.05) is 0 Å². The summed E-state index contributed by atoms with van der Waals surface area (Å²) in [6, 6.07) is 13.8. The van der Waals surface area contributed by atoms with Gasteiger partial charge in [-0.05, 0) is 48.5 Å². The number of nitrogens with zero attached hydrogens (tertiary/aromatic N) is 2. The van der Waals surface area contributed by atoms with Crippen LogP contribution in [0.2, 0.25) is 0 Å². The molecule has 0 atom stereocenters. The molecule has 174 valence electrons. The Kier molecular flexibility index (Phi) is 7.63. The molecule has 0 saturated carbocycles. The Hall–Kier alpha value is -5.06. The number of phenolic OH excluding ortho intramolecular Hbond substituents is 4. The molecule has 11 heteroatoms. The fourth-order valence-corrected chi connectivity index (χ4v) is 2.56. The van der Waals surface area contributed by atoms with E-state index in [1.165, 1.54) is 61.0 Å². The number of benzene rings is 3. The molecule has 11 nitrogen and oxygen atoms in total. The summed E-state index contributed by atoms with van der Waals surface area (Å²) in [4.78, 5) is 24.0. The van der Waals surface area contributed by atoms with Crippen molar-refractivity contribution in [1.29, 1.82) is 0 Å². The van der Waals surface area contributed by atoms with Crippen LogP contribution in [0.1, 0.15) is 21.5 Å². The topological polar surface area (TPSA) is 173 Å². The van der Waals surface area contributed by atoms with E-state index in [4.69, 9.17) is 4.74 Å². The van der Waals surface area contributed by atoms with E-state index >= 15 is 0 Å². The number of phenols is 4. The Morgan fingerprint density at radius 2 is 1.29 bits per heavy atom. The van der Waals surface area contributed by atoms with Crippen molar-refractivity contribution in [3.63, 3.8) is 0 Å². The summed E-state index contributed by atoms with van der Waals surface area (Å²) in [7, 11) is 0. The number of rotatable bonds is 8. The molecule has 0 bridgehead atoms. The maximum atomic E-state index is 12.1. The fraction of sp³-hybridized carbons (Fsp3) is 0.0435. The average Bonchev–Trinajstić information content (AvgIpc) is 2.81. The van der Waals surface area contributed by atoms with E-state index in [-0.39, 0.29) is 35.2 Å². The molecule has 0 aliphatic heterocycles. The Morgan fingerprint density at radius 3 is 1.82 bits per heavy atom. The van der Waals surface area contributed by atoms with Crippen molar-refractivity contribution in [2.24, 2.45) is 10.2 Å². The first-order valence-corrected chi connectivity index (χ1v) is 9.74. The van der Waals surface area contributed by atoms with Gasteiger partial charge in [-0.2, -0.15) is 10.2 Å². The number of carbonyl (C=O) groups excluding carboxylic acids is 2. The van der Waals surface area contributed by atoms with Crippen LogP contribution >= 0.6 is 0 Å². The van der Waals surface area contributed by atoms with Crippen molar-refractivity contribution in [3.8, 4) is 28.7 Å². The number of hydrogen-bond acceptors (Lipinski definition) is 9. The summed E-state index contributed by atoms with van der Waals surface area (Å²) < 4.78 is 5.33. The molecular weight excluding hydrogens is 444 g/mol. The number of amides is 2. The maximum Gasteiger partial charge on any atom is 0.277 e. The quantitative estimate of drug-likeness (QED) is 0.218. The van der Waals surface area contributed by atoms with E-state index in [1.807, 2.05) is 0 Å². The summed E-state index contributed by atoms with van der Waals surface area (Å²) in [5, 5.41) is 45.3. The van der Waals surface area contributed by atoms with Crippen LogP contribution in [0.4, 0.5) is 0 Å². The van der Waals surface area contributed by atoms with Gasteiger partial charge >= 0.3 is 0 Å². The van der Waals surface area contributed by atoms with Gasteiger partial charge in [0.05, 0.1) is 12.4 Å². The molecule has 3 aromatic rings. The Bertz CT molecular complexity index is 1240. The molecule has 3 rings (SSSR count). The zero-order valence-corrected chi connectivity index (χ0v) is 17.5. The molecule has 0 aromatic heterocycles. The van der Waals surface area contributed by atoms with Crippen LogP contribution in [0.5, 0.6) is 28.7 Å². The van der Waals surface area contributed by atoms with Gasteiger partial charge in [0.2, 0.25) is 0 Å². The predicted octanol–water partition coefficient (Wildman–Crippen LogP) is 1.80. The Balaban J connectivity index is 1.45. The lowest BCUT2D eigenvalue weighted by Gasteiger charge is -2.06. The summed E-state index contributed by atoms with van der Waals surface area (Å²) in [5.74, 6) is -1.30. The lowest BCUT2D eigenvalue weighted by Crippen LogP contribution is -2.24. The highest BCUT2D eigenvalue weighted by molar-refractivity contribution is 5.95. The van der Waals surface area contributed by atoms with Gasteiger partial charge in [-0.3, -0.25) is 9.59 Å². The largest absolute Gasteiger partial charge is 0.508 e. The van der Waals surface area contributed by atoms with E-state index in [0.717, 1.165) is 12.1 Å². The highest BCUT2D eigenvalue weighted by Crippen LogP contribution is 2.21. The van der Waals surface area contributed by atoms with E-state index in [0.29, 0.717) is 16.9 Å². The third-order valence-electron chi connectivity index (χ3n) is 4.28. The summed E-state index contributed by atoms with van der Waals surface area (Å²) in [6.45, 7) is -0.342. The van der Waals surface area contributed by atoms with Gasteiger partial charge in [-0.25, -0.2) is 10.9 Å². The monoisotopic (exact) mass is 464 g/mol. The van der Waals surface area contributed by atoms with Gasteiger partial charge in [-0.15, -0.1) is 0 Å². The van der Waals surface area contributed by atoms with Crippen LogP contribution in [0.3, 0.4) is 0 Å². The molecule has 0 saturated heterocycles. The molecule has 34 heavy (non-hydrogen) atoms. The van der Waals surface area contributed by atoms with Crippen molar-refractivity contribution < 1.29 is 34.8 Å². The minimum atomic E-state index is -0.553. The number of hydrazone groups is 2. The second-order valence-electron chi connectivity index (χ2n) is 6.79. The molecule has 0 unspecified atom stereocenters. The summed E-state index contributed by atoms with van der Waals surface area (Å²) >= 11 is 0. The number of ether oxygens (including phenoxy) is 1. The Morgan fingerprint density at radius 1 is 0.765 bits per heavy atom. The Labute approximate surface area is 193 Å². The molecule has 0 heterocycles. The van der Waals surface area contributed by atoms with Crippen LogP contribution in [-0.2, 0) is 4.79 Å². The molecule has 6 N–H and O–H groups in total. The molecule has 0 aliphatic rings. The molecular formula is C23H20N4O7. The van der Waals surface area contributed by atoms with Crippen molar-refractivity contribution in [2.45, 2.75) is 0 Å². The normalized spacial score (nSPS) is 10.9. The van der Waals surface area contributed by atoms with E-state index in [2.05, 4.69) is 21.1 Å². The van der Waals surface area contributed by atoms with Gasteiger partial charge < -0.3 is 25.2 Å².